The number of nitrogens with zero attached hydrogens (tertiary/aromatic N) is 3. The molecule has 1 amide bonds. The smallest absolute Gasteiger partial charge is 0.337 e. The summed E-state index contributed by atoms with van der Waals surface area (Å²) in [5.74, 6) is -3.20. The van der Waals surface area contributed by atoms with E-state index in [2.05, 4.69) is 9.88 Å². The van der Waals surface area contributed by atoms with Crippen molar-refractivity contribution in [3.05, 3.63) is 81.4 Å². The fourth-order valence-corrected chi connectivity index (χ4v) is 6.69. The highest BCUT2D eigenvalue weighted by Gasteiger charge is 2.36. The van der Waals surface area contributed by atoms with Gasteiger partial charge >= 0.3 is 5.97 Å². The van der Waals surface area contributed by atoms with Crippen LogP contribution in [0.4, 0.5) is 13.2 Å². The van der Waals surface area contributed by atoms with Gasteiger partial charge in [0.15, 0.2) is 11.6 Å². The quantitative estimate of drug-likeness (QED) is 0.305. The lowest BCUT2D eigenvalue weighted by Gasteiger charge is -2.40. The molecule has 44 heavy (non-hydrogen) atoms. The Balaban J connectivity index is 1.21. The number of carboxylic acids is 1. The number of ether oxygens (including phenoxy) is 1. The van der Waals surface area contributed by atoms with E-state index in [0.29, 0.717) is 74.4 Å². The number of piperidine rings is 1. The van der Waals surface area contributed by atoms with Crippen LogP contribution < -0.4 is 4.74 Å². The van der Waals surface area contributed by atoms with Gasteiger partial charge in [-0.15, -0.1) is 0 Å². The van der Waals surface area contributed by atoms with Gasteiger partial charge in [0.2, 0.25) is 0 Å². The van der Waals surface area contributed by atoms with Crippen molar-refractivity contribution in [2.75, 3.05) is 26.2 Å². The third-order valence-electron chi connectivity index (χ3n) is 9.05. The maximum atomic E-state index is 16.2. The molecule has 2 aliphatic heterocycles. The van der Waals surface area contributed by atoms with Gasteiger partial charge in [-0.05, 0) is 74.8 Å². The molecule has 0 atom stereocenters. The number of hydrogen-bond acceptors (Lipinski definition) is 5. The minimum Gasteiger partial charge on any atom is -0.490 e. The Kier molecular flexibility index (Phi) is 8.37. The molecule has 10 heteroatoms. The lowest BCUT2D eigenvalue weighted by atomic mass is 9.92. The van der Waals surface area contributed by atoms with E-state index < -0.39 is 23.4 Å². The van der Waals surface area contributed by atoms with Crippen LogP contribution in [0, 0.1) is 17.5 Å². The first-order valence-electron chi connectivity index (χ1n) is 15.4. The van der Waals surface area contributed by atoms with E-state index in [4.69, 9.17) is 4.74 Å². The molecular weight excluding hydrogens is 571 g/mol. The average Bonchev–Trinajstić information content (AvgIpc) is 3.85. The number of aryl methyl sites for hydroxylation is 1. The number of benzene rings is 2. The lowest BCUT2D eigenvalue weighted by Crippen LogP contribution is -2.50. The molecule has 232 valence electrons. The summed E-state index contributed by atoms with van der Waals surface area (Å²) in [6.45, 7) is 6.18. The number of likely N-dealkylation sites (tertiary alicyclic amines) is 1. The summed E-state index contributed by atoms with van der Waals surface area (Å²) in [6.07, 6.45) is 4.25. The number of pyridine rings is 1. The molecule has 1 aliphatic carbocycles. The number of aromatic nitrogens is 1. The molecule has 2 aromatic carbocycles. The molecule has 3 aliphatic rings. The number of aromatic carboxylic acids is 1. The normalized spacial score (nSPS) is 17.6. The number of halogens is 3. The summed E-state index contributed by atoms with van der Waals surface area (Å²) in [5, 5.41) is 9.63. The second-order valence-corrected chi connectivity index (χ2v) is 11.9. The van der Waals surface area contributed by atoms with Crippen molar-refractivity contribution in [2.24, 2.45) is 0 Å². The van der Waals surface area contributed by atoms with Crippen LogP contribution in [0.15, 0.2) is 30.3 Å². The Labute approximate surface area is 254 Å². The second kappa shape index (κ2) is 12.2. The van der Waals surface area contributed by atoms with Crippen LogP contribution in [0.2, 0.25) is 0 Å². The van der Waals surface area contributed by atoms with E-state index in [1.807, 2.05) is 17.9 Å². The number of amides is 1. The van der Waals surface area contributed by atoms with E-state index in [9.17, 15) is 23.5 Å². The summed E-state index contributed by atoms with van der Waals surface area (Å²) in [7, 11) is 0. The summed E-state index contributed by atoms with van der Waals surface area (Å²) in [4.78, 5) is 33.8. The van der Waals surface area contributed by atoms with Gasteiger partial charge in [0.1, 0.15) is 11.6 Å². The molecule has 0 spiro atoms. The highest BCUT2D eigenvalue weighted by Crippen LogP contribution is 2.48. The van der Waals surface area contributed by atoms with Gasteiger partial charge in [-0.25, -0.2) is 18.0 Å². The largest absolute Gasteiger partial charge is 0.490 e. The van der Waals surface area contributed by atoms with Crippen LogP contribution in [-0.4, -0.2) is 64.0 Å². The molecule has 3 aromatic rings. The Hall–Kier alpha value is -3.92. The molecule has 0 radical (unpaired) electrons. The van der Waals surface area contributed by atoms with Crippen molar-refractivity contribution in [1.82, 2.24) is 14.8 Å². The Morgan fingerprint density at radius 1 is 1.02 bits per heavy atom. The summed E-state index contributed by atoms with van der Waals surface area (Å²) in [5.41, 5.74) is 3.19. The van der Waals surface area contributed by atoms with E-state index in [-0.39, 0.29) is 46.9 Å². The zero-order chi connectivity index (χ0) is 31.1. The first-order valence-corrected chi connectivity index (χ1v) is 15.4. The summed E-state index contributed by atoms with van der Waals surface area (Å²) in [6, 6.07) is 6.62. The van der Waals surface area contributed by atoms with Crippen LogP contribution in [0.3, 0.4) is 0 Å². The minimum absolute atomic E-state index is 0.0000182. The first-order chi connectivity index (χ1) is 21.2. The van der Waals surface area contributed by atoms with Crippen molar-refractivity contribution in [2.45, 2.75) is 70.9 Å². The average molecular weight is 608 g/mol. The summed E-state index contributed by atoms with van der Waals surface area (Å²) < 4.78 is 50.5. The highest BCUT2D eigenvalue weighted by atomic mass is 19.1. The molecule has 1 saturated heterocycles. The van der Waals surface area contributed by atoms with Gasteiger partial charge in [0.25, 0.3) is 5.91 Å². The van der Waals surface area contributed by atoms with Gasteiger partial charge in [0.05, 0.1) is 29.1 Å². The van der Waals surface area contributed by atoms with Gasteiger partial charge in [-0.2, -0.15) is 0 Å². The molecule has 3 heterocycles. The van der Waals surface area contributed by atoms with E-state index >= 15 is 4.39 Å². The van der Waals surface area contributed by atoms with Crippen LogP contribution in [0.25, 0.3) is 11.1 Å². The number of fused-ring (bicyclic) bond motifs is 1. The number of carbonyl (C=O) groups excluding carboxylic acids is 1. The Bertz CT molecular complexity index is 1620. The van der Waals surface area contributed by atoms with Crippen molar-refractivity contribution in [3.63, 3.8) is 0 Å². The molecule has 1 saturated carbocycles. The maximum absolute atomic E-state index is 16.2. The standard InChI is InChI=1S/C34H36F3N3O4/c1-3-28-26(34(42)43)17-25-29(38-28)11-14-40(33(25)41)22-9-12-39(13-10-22)18-20-15-24(19-5-6-19)30(31(37)32(20)44-4-2)23-8-7-21(35)16-27(23)36/h7-8,15-17,19,22H,3-6,9-14,18H2,1-2H3,(H,42,43). The van der Waals surface area contributed by atoms with Gasteiger partial charge in [0, 0.05) is 61.4 Å². The minimum atomic E-state index is -1.08. The Morgan fingerprint density at radius 3 is 2.41 bits per heavy atom. The first kappa shape index (κ1) is 30.1. The highest BCUT2D eigenvalue weighted by molar-refractivity contribution is 5.99. The van der Waals surface area contributed by atoms with E-state index in [1.54, 1.807) is 6.92 Å². The van der Waals surface area contributed by atoms with Gasteiger partial charge < -0.3 is 14.7 Å². The topological polar surface area (TPSA) is 83.0 Å². The molecule has 1 aromatic heterocycles. The zero-order valence-electron chi connectivity index (χ0n) is 25.0. The van der Waals surface area contributed by atoms with E-state index in [1.165, 1.54) is 12.1 Å². The molecular formula is C34H36F3N3O4. The predicted octanol–water partition coefficient (Wildman–Crippen LogP) is 6.37. The molecule has 0 bridgehead atoms. The van der Waals surface area contributed by atoms with Crippen LogP contribution >= 0.6 is 0 Å². The number of carbonyl (C=O) groups is 2. The van der Waals surface area contributed by atoms with Crippen molar-refractivity contribution in [1.29, 1.82) is 0 Å². The number of hydrogen-bond donors (Lipinski definition) is 1. The number of rotatable bonds is 9. The monoisotopic (exact) mass is 607 g/mol. The maximum Gasteiger partial charge on any atom is 0.337 e. The second-order valence-electron chi connectivity index (χ2n) is 11.9. The van der Waals surface area contributed by atoms with Crippen molar-refractivity contribution in [3.8, 4) is 16.9 Å². The lowest BCUT2D eigenvalue weighted by molar-refractivity contribution is 0.0542. The zero-order valence-corrected chi connectivity index (χ0v) is 25.0. The Morgan fingerprint density at radius 2 is 1.77 bits per heavy atom. The van der Waals surface area contributed by atoms with Crippen molar-refractivity contribution >= 4 is 11.9 Å². The third-order valence-corrected chi connectivity index (χ3v) is 9.05. The summed E-state index contributed by atoms with van der Waals surface area (Å²) >= 11 is 0. The fraction of sp³-hybridized carbons (Fsp3) is 0.441. The molecule has 0 unspecified atom stereocenters. The van der Waals surface area contributed by atoms with Crippen LogP contribution in [0.1, 0.15) is 88.7 Å². The molecule has 6 rings (SSSR count). The molecule has 7 nitrogen and oxygen atoms in total. The van der Waals surface area contributed by atoms with E-state index in [0.717, 1.165) is 30.5 Å². The van der Waals surface area contributed by atoms with Crippen LogP contribution in [-0.2, 0) is 19.4 Å². The van der Waals surface area contributed by atoms with Gasteiger partial charge in [-0.3, -0.25) is 14.7 Å². The van der Waals surface area contributed by atoms with Crippen LogP contribution in [0.5, 0.6) is 5.75 Å². The third kappa shape index (κ3) is 5.67. The van der Waals surface area contributed by atoms with Gasteiger partial charge in [-0.1, -0.05) is 6.92 Å². The molecule has 1 N–H and O–H groups in total. The fourth-order valence-electron chi connectivity index (χ4n) is 6.69. The predicted molar refractivity (Wildman–Crippen MR) is 159 cm³/mol. The molecule has 2 fully saturated rings. The number of carboxylic acid groups (broad SMARTS) is 1. The SMILES string of the molecule is CCOc1c(CN2CCC(N3CCc4nc(CC)c(C(=O)O)cc4C3=O)CC2)cc(C2CC2)c(-c2ccc(F)cc2F)c1F. The van der Waals surface area contributed by atoms with Crippen molar-refractivity contribution < 1.29 is 32.6 Å².